The highest BCUT2D eigenvalue weighted by molar-refractivity contribution is 8.26. The lowest BCUT2D eigenvalue weighted by molar-refractivity contribution is -0.123. The number of hydrogen-bond acceptors (Lipinski definition) is 6. The number of benzene rings is 2. The predicted molar refractivity (Wildman–Crippen MR) is 166 cm³/mol. The fraction of sp³-hybridized carbons (Fsp3) is 0.250. The van der Waals surface area contributed by atoms with Crippen LogP contribution in [0.15, 0.2) is 94.8 Å². The van der Waals surface area contributed by atoms with E-state index in [1.54, 1.807) is 21.6 Å². The van der Waals surface area contributed by atoms with Gasteiger partial charge in [0, 0.05) is 19.3 Å². The average Bonchev–Trinajstić information content (AvgIpc) is 3.27. The van der Waals surface area contributed by atoms with Gasteiger partial charge in [0.05, 0.1) is 16.5 Å². The Bertz CT molecular complexity index is 1640. The summed E-state index contributed by atoms with van der Waals surface area (Å²) in [7, 11) is 0. The van der Waals surface area contributed by atoms with Gasteiger partial charge in [-0.05, 0) is 61.4 Å². The SMILES string of the molecule is CC(c1ccccc1)N1C(=O)C(=Cc2c(N3CCC(Cc4ccccc4)CC3)nc3ccccn3c2=O)SC1=S. The Kier molecular flexibility index (Phi) is 7.54. The molecule has 4 heterocycles. The summed E-state index contributed by atoms with van der Waals surface area (Å²) in [5.41, 5.74) is 3.20. The molecule has 2 fully saturated rings. The number of rotatable bonds is 6. The molecule has 4 aromatic rings. The summed E-state index contributed by atoms with van der Waals surface area (Å²) < 4.78 is 2.04. The number of aromatic nitrogens is 2. The van der Waals surface area contributed by atoms with Gasteiger partial charge in [-0.1, -0.05) is 90.7 Å². The predicted octanol–water partition coefficient (Wildman–Crippen LogP) is 6.12. The van der Waals surface area contributed by atoms with Crippen molar-refractivity contribution in [2.45, 2.75) is 32.2 Å². The van der Waals surface area contributed by atoms with E-state index in [9.17, 15) is 9.59 Å². The Morgan fingerprint density at radius 2 is 1.65 bits per heavy atom. The first-order valence-electron chi connectivity index (χ1n) is 13.6. The third kappa shape index (κ3) is 5.21. The standard InChI is InChI=1S/C32H30N4O2S2/c1-22(25-12-6-3-7-13-25)36-31(38)27(40-32(36)39)21-26-29(33-28-14-8-9-17-35(28)30(26)37)34-18-15-24(16-19-34)20-23-10-4-2-5-11-23/h2-14,17,21-22,24H,15-16,18-20H2,1H3. The molecule has 2 saturated heterocycles. The Labute approximate surface area is 243 Å². The van der Waals surface area contributed by atoms with Crippen LogP contribution >= 0.6 is 24.0 Å². The number of hydrogen-bond donors (Lipinski definition) is 0. The highest BCUT2D eigenvalue weighted by Crippen LogP contribution is 2.38. The second kappa shape index (κ2) is 11.4. The Morgan fingerprint density at radius 3 is 2.38 bits per heavy atom. The van der Waals surface area contributed by atoms with E-state index in [0.717, 1.165) is 37.9 Å². The molecule has 0 bridgehead atoms. The number of carbonyl (C=O) groups is 1. The lowest BCUT2D eigenvalue weighted by atomic mass is 9.90. The summed E-state index contributed by atoms with van der Waals surface area (Å²) >= 11 is 6.88. The smallest absolute Gasteiger partial charge is 0.267 e. The van der Waals surface area contributed by atoms with Crippen LogP contribution in [-0.4, -0.2) is 37.6 Å². The molecule has 2 aromatic heterocycles. The molecule has 0 saturated carbocycles. The molecule has 40 heavy (non-hydrogen) atoms. The van der Waals surface area contributed by atoms with E-state index < -0.39 is 0 Å². The van der Waals surface area contributed by atoms with E-state index in [2.05, 4.69) is 29.2 Å². The van der Waals surface area contributed by atoms with E-state index in [1.807, 2.05) is 61.5 Å². The third-order valence-electron chi connectivity index (χ3n) is 7.80. The summed E-state index contributed by atoms with van der Waals surface area (Å²) in [6, 6.07) is 25.8. The van der Waals surface area contributed by atoms with Gasteiger partial charge in [0.15, 0.2) is 0 Å². The van der Waals surface area contributed by atoms with Crippen molar-refractivity contribution >= 4 is 51.7 Å². The van der Waals surface area contributed by atoms with Gasteiger partial charge < -0.3 is 4.90 Å². The number of anilines is 1. The molecule has 1 unspecified atom stereocenters. The van der Waals surface area contributed by atoms with Gasteiger partial charge in [0.25, 0.3) is 11.5 Å². The van der Waals surface area contributed by atoms with Crippen LogP contribution in [0.4, 0.5) is 5.82 Å². The maximum atomic E-state index is 13.8. The van der Waals surface area contributed by atoms with Gasteiger partial charge in [-0.15, -0.1) is 0 Å². The zero-order chi connectivity index (χ0) is 27.6. The van der Waals surface area contributed by atoms with Crippen LogP contribution in [0.1, 0.15) is 42.5 Å². The van der Waals surface area contributed by atoms with Gasteiger partial charge in [-0.25, -0.2) is 4.98 Å². The van der Waals surface area contributed by atoms with E-state index in [1.165, 1.54) is 17.3 Å². The van der Waals surface area contributed by atoms with Crippen molar-refractivity contribution in [1.82, 2.24) is 14.3 Å². The first kappa shape index (κ1) is 26.5. The zero-order valence-corrected chi connectivity index (χ0v) is 23.9. The maximum absolute atomic E-state index is 13.8. The second-order valence-electron chi connectivity index (χ2n) is 10.3. The number of carbonyl (C=O) groups excluding carboxylic acids is 1. The topological polar surface area (TPSA) is 57.9 Å². The number of piperidine rings is 1. The van der Waals surface area contributed by atoms with Gasteiger partial charge in [0.2, 0.25) is 0 Å². The van der Waals surface area contributed by atoms with E-state index in [4.69, 9.17) is 17.2 Å². The zero-order valence-electron chi connectivity index (χ0n) is 22.3. The number of amides is 1. The molecule has 0 N–H and O–H groups in total. The lowest BCUT2D eigenvalue weighted by Crippen LogP contribution is -2.37. The van der Waals surface area contributed by atoms with Crippen molar-refractivity contribution in [3.8, 4) is 0 Å². The fourth-order valence-electron chi connectivity index (χ4n) is 5.58. The van der Waals surface area contributed by atoms with Crippen LogP contribution in [0.5, 0.6) is 0 Å². The molecule has 6 nitrogen and oxygen atoms in total. The third-order valence-corrected chi connectivity index (χ3v) is 9.13. The summed E-state index contributed by atoms with van der Waals surface area (Å²) in [5.74, 6) is 1.03. The van der Waals surface area contributed by atoms with E-state index in [0.29, 0.717) is 32.2 Å². The molecule has 2 aliphatic rings. The lowest BCUT2D eigenvalue weighted by Gasteiger charge is -2.33. The number of thiocarbonyl (C=S) groups is 1. The van der Waals surface area contributed by atoms with Crippen LogP contribution in [0.3, 0.4) is 0 Å². The van der Waals surface area contributed by atoms with Gasteiger partial charge in [-0.2, -0.15) is 0 Å². The fourth-order valence-corrected chi connectivity index (χ4v) is 6.98. The quantitative estimate of drug-likeness (QED) is 0.207. The molecule has 0 radical (unpaired) electrons. The number of thioether (sulfide) groups is 1. The first-order chi connectivity index (χ1) is 19.5. The second-order valence-corrected chi connectivity index (χ2v) is 12.0. The van der Waals surface area contributed by atoms with Crippen molar-refractivity contribution in [2.75, 3.05) is 18.0 Å². The monoisotopic (exact) mass is 566 g/mol. The number of nitrogens with zero attached hydrogens (tertiary/aromatic N) is 4. The highest BCUT2D eigenvalue weighted by Gasteiger charge is 2.36. The maximum Gasteiger partial charge on any atom is 0.267 e. The van der Waals surface area contributed by atoms with Crippen molar-refractivity contribution < 1.29 is 4.79 Å². The molecule has 1 amide bonds. The van der Waals surface area contributed by atoms with Crippen LogP contribution in [-0.2, 0) is 11.2 Å². The van der Waals surface area contributed by atoms with Crippen LogP contribution in [0.25, 0.3) is 11.7 Å². The Hall–Kier alpha value is -3.75. The van der Waals surface area contributed by atoms with Crippen molar-refractivity contribution in [3.63, 3.8) is 0 Å². The molecule has 8 heteroatoms. The van der Waals surface area contributed by atoms with Gasteiger partial charge in [0.1, 0.15) is 15.8 Å². The average molecular weight is 567 g/mol. The summed E-state index contributed by atoms with van der Waals surface area (Å²) in [5, 5.41) is 0. The van der Waals surface area contributed by atoms with Crippen molar-refractivity contribution in [1.29, 1.82) is 0 Å². The molecule has 0 spiro atoms. The summed E-state index contributed by atoms with van der Waals surface area (Å²) in [4.78, 5) is 36.6. The molecule has 2 aromatic carbocycles. The molecule has 2 aliphatic heterocycles. The molecular formula is C32H30N4O2S2. The number of fused-ring (bicyclic) bond motifs is 1. The summed E-state index contributed by atoms with van der Waals surface area (Å²) in [6.45, 7) is 3.58. The van der Waals surface area contributed by atoms with Crippen molar-refractivity contribution in [2.24, 2.45) is 5.92 Å². The first-order valence-corrected chi connectivity index (χ1v) is 14.8. The van der Waals surface area contributed by atoms with Crippen LogP contribution in [0.2, 0.25) is 0 Å². The van der Waals surface area contributed by atoms with Gasteiger partial charge >= 0.3 is 0 Å². The normalized spacial score (nSPS) is 18.2. The molecule has 1 atom stereocenters. The van der Waals surface area contributed by atoms with Crippen LogP contribution < -0.4 is 10.5 Å². The highest BCUT2D eigenvalue weighted by atomic mass is 32.2. The van der Waals surface area contributed by atoms with Crippen LogP contribution in [0, 0.1) is 5.92 Å². The Morgan fingerprint density at radius 1 is 0.975 bits per heavy atom. The molecule has 6 rings (SSSR count). The minimum absolute atomic E-state index is 0.184. The minimum Gasteiger partial charge on any atom is -0.356 e. The van der Waals surface area contributed by atoms with E-state index in [-0.39, 0.29) is 17.5 Å². The Balaban J connectivity index is 1.32. The largest absolute Gasteiger partial charge is 0.356 e. The molecule has 202 valence electrons. The van der Waals surface area contributed by atoms with Gasteiger partial charge in [-0.3, -0.25) is 18.9 Å². The molecular weight excluding hydrogens is 537 g/mol. The molecule has 0 aliphatic carbocycles. The summed E-state index contributed by atoms with van der Waals surface area (Å²) in [6.07, 6.45) is 6.51. The van der Waals surface area contributed by atoms with E-state index >= 15 is 0 Å². The number of pyridine rings is 1. The van der Waals surface area contributed by atoms with Crippen molar-refractivity contribution in [3.05, 3.63) is 117 Å². The minimum atomic E-state index is -0.210.